The van der Waals surface area contributed by atoms with Gasteiger partial charge in [0.25, 0.3) is 0 Å². The molecule has 0 N–H and O–H groups in total. The van der Waals surface area contributed by atoms with Crippen molar-refractivity contribution >= 4 is 0 Å². The second-order valence-corrected chi connectivity index (χ2v) is 10.0. The molecule has 30 heavy (non-hydrogen) atoms. The third-order valence-corrected chi connectivity index (χ3v) is 7.98. The number of ether oxygens (including phenoxy) is 2. The minimum Gasteiger partial charge on any atom is -0.490 e. The van der Waals surface area contributed by atoms with Gasteiger partial charge in [0.1, 0.15) is 0 Å². The van der Waals surface area contributed by atoms with Crippen molar-refractivity contribution in [2.75, 3.05) is 6.61 Å². The highest BCUT2D eigenvalue weighted by atomic mass is 19.2. The van der Waals surface area contributed by atoms with E-state index in [1.54, 1.807) is 0 Å². The lowest BCUT2D eigenvalue weighted by Crippen LogP contribution is -2.27. The van der Waals surface area contributed by atoms with Crippen LogP contribution >= 0.6 is 0 Å². The van der Waals surface area contributed by atoms with Gasteiger partial charge in [0, 0.05) is 0 Å². The predicted molar refractivity (Wildman–Crippen MR) is 116 cm³/mol. The number of hydrogen-bond acceptors (Lipinski definition) is 2. The second-order valence-electron chi connectivity index (χ2n) is 10.0. The van der Waals surface area contributed by atoms with E-state index in [4.69, 9.17) is 9.47 Å². The zero-order valence-electron chi connectivity index (χ0n) is 18.5. The molecule has 0 bridgehead atoms. The molecule has 4 rings (SSSR count). The maximum absolute atomic E-state index is 14.4. The molecule has 3 aliphatic rings. The van der Waals surface area contributed by atoms with Crippen molar-refractivity contribution in [2.24, 2.45) is 23.7 Å². The third kappa shape index (κ3) is 5.29. The largest absolute Gasteiger partial charge is 0.490 e. The van der Waals surface area contributed by atoms with Crippen LogP contribution in [0.15, 0.2) is 12.1 Å². The Morgan fingerprint density at radius 3 is 1.90 bits per heavy atom. The highest BCUT2D eigenvalue weighted by molar-refractivity contribution is 5.35. The highest BCUT2D eigenvalue weighted by Gasteiger charge is 2.31. The van der Waals surface area contributed by atoms with Crippen molar-refractivity contribution in [3.63, 3.8) is 0 Å². The van der Waals surface area contributed by atoms with E-state index in [1.165, 1.54) is 63.5 Å². The van der Waals surface area contributed by atoms with Crippen molar-refractivity contribution in [3.05, 3.63) is 23.8 Å². The van der Waals surface area contributed by atoms with Crippen LogP contribution < -0.4 is 9.47 Å². The Hall–Kier alpha value is -1.32. The smallest absolute Gasteiger partial charge is 0.204 e. The lowest BCUT2D eigenvalue weighted by Gasteiger charge is -2.37. The van der Waals surface area contributed by atoms with Crippen LogP contribution in [0.3, 0.4) is 0 Å². The Labute approximate surface area is 180 Å². The van der Waals surface area contributed by atoms with E-state index < -0.39 is 11.6 Å². The fourth-order valence-electron chi connectivity index (χ4n) is 5.78. The van der Waals surface area contributed by atoms with Gasteiger partial charge in [-0.15, -0.1) is 0 Å². The first-order chi connectivity index (χ1) is 14.6. The van der Waals surface area contributed by atoms with Crippen LogP contribution in [-0.2, 0) is 0 Å². The van der Waals surface area contributed by atoms with Gasteiger partial charge < -0.3 is 9.47 Å². The predicted octanol–water partition coefficient (Wildman–Crippen LogP) is 7.69. The summed E-state index contributed by atoms with van der Waals surface area (Å²) in [5.41, 5.74) is 0. The average molecular weight is 421 g/mol. The summed E-state index contributed by atoms with van der Waals surface area (Å²) >= 11 is 0. The Morgan fingerprint density at radius 2 is 1.33 bits per heavy atom. The molecule has 0 heterocycles. The van der Waals surface area contributed by atoms with Crippen LogP contribution in [0.1, 0.15) is 90.4 Å². The van der Waals surface area contributed by atoms with Crippen LogP contribution in [0.2, 0.25) is 0 Å². The maximum Gasteiger partial charge on any atom is 0.204 e. The molecule has 0 aliphatic heterocycles. The van der Waals surface area contributed by atoms with Gasteiger partial charge in [0.05, 0.1) is 12.7 Å². The van der Waals surface area contributed by atoms with Gasteiger partial charge >= 0.3 is 0 Å². The Bertz CT molecular complexity index is 672. The first-order valence-corrected chi connectivity index (χ1v) is 12.4. The van der Waals surface area contributed by atoms with Crippen LogP contribution in [0, 0.1) is 35.3 Å². The number of rotatable bonds is 8. The van der Waals surface area contributed by atoms with Gasteiger partial charge in [0.15, 0.2) is 11.5 Å². The molecule has 1 aromatic rings. The van der Waals surface area contributed by atoms with Crippen LogP contribution in [0.25, 0.3) is 0 Å². The summed E-state index contributed by atoms with van der Waals surface area (Å²) in [5, 5.41) is 0. The summed E-state index contributed by atoms with van der Waals surface area (Å²) in [6.07, 6.45) is 16.2. The molecule has 0 saturated heterocycles. The fourth-order valence-corrected chi connectivity index (χ4v) is 5.78. The van der Waals surface area contributed by atoms with Crippen molar-refractivity contribution in [1.82, 2.24) is 0 Å². The molecule has 0 atom stereocenters. The zero-order valence-corrected chi connectivity index (χ0v) is 18.5. The van der Waals surface area contributed by atoms with Crippen molar-refractivity contribution in [2.45, 2.75) is 96.5 Å². The maximum atomic E-state index is 14.4. The SMILES string of the molecule is CCCC1CCC(C2CCC(COc3ccc(OC4CCC4)c(F)c3F)CC2)CC1. The Morgan fingerprint density at radius 1 is 0.767 bits per heavy atom. The molecular weight excluding hydrogens is 382 g/mol. The molecule has 0 aromatic heterocycles. The minimum absolute atomic E-state index is 0.0127. The summed E-state index contributed by atoms with van der Waals surface area (Å²) < 4.78 is 39.9. The van der Waals surface area contributed by atoms with Crippen molar-refractivity contribution < 1.29 is 18.3 Å². The summed E-state index contributed by atoms with van der Waals surface area (Å²) in [4.78, 5) is 0. The minimum atomic E-state index is -0.915. The molecule has 0 spiro atoms. The molecule has 3 aliphatic carbocycles. The van der Waals surface area contributed by atoms with Gasteiger partial charge in [0.2, 0.25) is 11.6 Å². The van der Waals surface area contributed by atoms with Crippen LogP contribution in [0.5, 0.6) is 11.5 Å². The normalized spacial score (nSPS) is 30.0. The zero-order chi connectivity index (χ0) is 20.9. The lowest BCUT2D eigenvalue weighted by atomic mass is 9.69. The first kappa shape index (κ1) is 21.9. The number of hydrogen-bond donors (Lipinski definition) is 0. The van der Waals surface area contributed by atoms with E-state index in [0.717, 1.165) is 49.9 Å². The second kappa shape index (κ2) is 10.3. The third-order valence-electron chi connectivity index (χ3n) is 7.98. The first-order valence-electron chi connectivity index (χ1n) is 12.4. The average Bonchev–Trinajstić information content (AvgIpc) is 2.74. The van der Waals surface area contributed by atoms with Crippen molar-refractivity contribution in [3.8, 4) is 11.5 Å². The van der Waals surface area contributed by atoms with Crippen LogP contribution in [-0.4, -0.2) is 12.7 Å². The molecule has 1 aromatic carbocycles. The number of benzene rings is 1. The van der Waals surface area contributed by atoms with Gasteiger partial charge in [-0.25, -0.2) is 0 Å². The van der Waals surface area contributed by atoms with Crippen molar-refractivity contribution in [1.29, 1.82) is 0 Å². The summed E-state index contributed by atoms with van der Waals surface area (Å²) in [7, 11) is 0. The molecule has 0 amide bonds. The Balaban J connectivity index is 1.21. The topological polar surface area (TPSA) is 18.5 Å². The van der Waals surface area contributed by atoms with E-state index in [2.05, 4.69) is 6.92 Å². The summed E-state index contributed by atoms with van der Waals surface area (Å²) in [6.45, 7) is 2.78. The highest BCUT2D eigenvalue weighted by Crippen LogP contribution is 2.42. The molecule has 3 fully saturated rings. The summed E-state index contributed by atoms with van der Waals surface area (Å²) in [6, 6.07) is 3.03. The Kier molecular flexibility index (Phi) is 7.54. The standard InChI is InChI=1S/C26H38F2O2/c1-2-4-18-7-11-20(12-8-18)21-13-9-19(10-14-21)17-29-23-15-16-24(26(28)25(23)27)30-22-5-3-6-22/h15-16,18-22H,2-14,17H2,1H3. The molecule has 0 radical (unpaired) electrons. The lowest BCUT2D eigenvalue weighted by molar-refractivity contribution is 0.111. The van der Waals surface area contributed by atoms with E-state index in [-0.39, 0.29) is 17.6 Å². The van der Waals surface area contributed by atoms with E-state index >= 15 is 0 Å². The van der Waals surface area contributed by atoms with E-state index in [1.807, 2.05) is 0 Å². The summed E-state index contributed by atoms with van der Waals surface area (Å²) in [5.74, 6) is 1.40. The molecule has 3 saturated carbocycles. The van der Waals surface area contributed by atoms with Gasteiger partial charge in [-0.3, -0.25) is 0 Å². The molecule has 0 unspecified atom stereocenters. The number of halogens is 2. The molecule has 4 heteroatoms. The van der Waals surface area contributed by atoms with E-state index in [9.17, 15) is 8.78 Å². The molecular formula is C26H38F2O2. The van der Waals surface area contributed by atoms with Crippen LogP contribution in [0.4, 0.5) is 8.78 Å². The molecule has 2 nitrogen and oxygen atoms in total. The van der Waals surface area contributed by atoms with Gasteiger partial charge in [-0.2, -0.15) is 8.78 Å². The molecule has 168 valence electrons. The monoisotopic (exact) mass is 420 g/mol. The fraction of sp³-hybridized carbons (Fsp3) is 0.769. The van der Waals surface area contributed by atoms with Gasteiger partial charge in [-0.1, -0.05) is 32.6 Å². The quantitative estimate of drug-likeness (QED) is 0.429. The van der Waals surface area contributed by atoms with Gasteiger partial charge in [-0.05, 0) is 93.6 Å². The van der Waals surface area contributed by atoms with E-state index in [0.29, 0.717) is 12.5 Å².